The molecule has 0 aliphatic carbocycles. The number of imide groups is 1. The third-order valence-electron chi connectivity index (χ3n) is 6.04. The Balaban J connectivity index is 1.87. The number of methoxy groups -OCH3 is 3. The molecule has 7 nitrogen and oxygen atoms in total. The van der Waals surface area contributed by atoms with Crippen LogP contribution in [0.2, 0.25) is 0 Å². The van der Waals surface area contributed by atoms with E-state index in [1.807, 2.05) is 23.1 Å². The van der Waals surface area contributed by atoms with E-state index in [1.54, 1.807) is 38.5 Å². The van der Waals surface area contributed by atoms with Crippen LogP contribution in [0.4, 0.5) is 5.69 Å². The number of anilines is 1. The minimum absolute atomic E-state index is 0.353. The van der Waals surface area contributed by atoms with Crippen LogP contribution in [-0.4, -0.2) is 51.1 Å². The van der Waals surface area contributed by atoms with E-state index in [9.17, 15) is 9.59 Å². The van der Waals surface area contributed by atoms with Gasteiger partial charge >= 0.3 is 0 Å². The van der Waals surface area contributed by atoms with Gasteiger partial charge in [0.15, 0.2) is 0 Å². The molecule has 1 atom stereocenters. The zero-order chi connectivity index (χ0) is 22.8. The van der Waals surface area contributed by atoms with Crippen molar-refractivity contribution in [3.63, 3.8) is 0 Å². The fraction of sp³-hybridized carbons (Fsp3) is 0.360. The van der Waals surface area contributed by atoms with Crippen LogP contribution in [0.5, 0.6) is 17.2 Å². The molecule has 7 heteroatoms. The SMILES string of the molecule is COc1ccc(N2C(=O)C(c3ccccc3OC)=C(N3CCCC(C)C3)C2=O)c(OC)c1. The number of hydrogen-bond acceptors (Lipinski definition) is 6. The van der Waals surface area contributed by atoms with Gasteiger partial charge in [0.2, 0.25) is 0 Å². The first-order valence-corrected chi connectivity index (χ1v) is 10.7. The quantitative estimate of drug-likeness (QED) is 0.643. The summed E-state index contributed by atoms with van der Waals surface area (Å²) in [4.78, 5) is 30.9. The van der Waals surface area contributed by atoms with Crippen LogP contribution in [0.15, 0.2) is 48.2 Å². The molecule has 2 amide bonds. The van der Waals surface area contributed by atoms with E-state index < -0.39 is 5.91 Å². The van der Waals surface area contributed by atoms with Gasteiger partial charge in [-0.2, -0.15) is 0 Å². The lowest BCUT2D eigenvalue weighted by Gasteiger charge is -2.33. The number of likely N-dealkylation sites (tertiary alicyclic amines) is 1. The summed E-state index contributed by atoms with van der Waals surface area (Å²) in [6, 6.07) is 12.4. The molecule has 0 spiro atoms. The van der Waals surface area contributed by atoms with Gasteiger partial charge in [-0.25, -0.2) is 4.90 Å². The molecule has 32 heavy (non-hydrogen) atoms. The van der Waals surface area contributed by atoms with Gasteiger partial charge in [0.05, 0.1) is 32.6 Å². The van der Waals surface area contributed by atoms with Gasteiger partial charge in [-0.05, 0) is 37.0 Å². The summed E-state index contributed by atoms with van der Waals surface area (Å²) >= 11 is 0. The van der Waals surface area contributed by atoms with E-state index in [2.05, 4.69) is 6.92 Å². The molecular formula is C25H28N2O5. The molecule has 2 aliphatic rings. The van der Waals surface area contributed by atoms with E-state index >= 15 is 0 Å². The molecular weight excluding hydrogens is 408 g/mol. The predicted octanol–water partition coefficient (Wildman–Crippen LogP) is 3.73. The summed E-state index contributed by atoms with van der Waals surface area (Å²) in [5.41, 5.74) is 1.77. The minimum Gasteiger partial charge on any atom is -0.497 e. The highest BCUT2D eigenvalue weighted by atomic mass is 16.5. The molecule has 2 aromatic rings. The van der Waals surface area contributed by atoms with Gasteiger partial charge in [-0.3, -0.25) is 9.59 Å². The molecule has 1 saturated heterocycles. The fourth-order valence-corrected chi connectivity index (χ4v) is 4.49. The van der Waals surface area contributed by atoms with Gasteiger partial charge in [-0.1, -0.05) is 25.1 Å². The number of rotatable bonds is 6. The summed E-state index contributed by atoms with van der Waals surface area (Å²) in [6.45, 7) is 3.62. The first-order valence-electron chi connectivity index (χ1n) is 10.7. The third kappa shape index (κ3) is 3.68. The molecule has 2 aliphatic heterocycles. The average molecular weight is 437 g/mol. The van der Waals surface area contributed by atoms with Crippen molar-refractivity contribution < 1.29 is 23.8 Å². The van der Waals surface area contributed by atoms with Crippen molar-refractivity contribution in [1.82, 2.24) is 4.90 Å². The Morgan fingerprint density at radius 3 is 2.34 bits per heavy atom. The third-order valence-corrected chi connectivity index (χ3v) is 6.04. The molecule has 0 radical (unpaired) electrons. The Morgan fingerprint density at radius 1 is 0.906 bits per heavy atom. The highest BCUT2D eigenvalue weighted by Gasteiger charge is 2.44. The van der Waals surface area contributed by atoms with Crippen LogP contribution >= 0.6 is 0 Å². The predicted molar refractivity (Wildman–Crippen MR) is 122 cm³/mol. The lowest BCUT2D eigenvalue weighted by Crippen LogP contribution is -2.39. The summed E-state index contributed by atoms with van der Waals surface area (Å²) < 4.78 is 16.3. The van der Waals surface area contributed by atoms with Crippen LogP contribution in [0, 0.1) is 5.92 Å². The zero-order valence-electron chi connectivity index (χ0n) is 18.9. The Hall–Kier alpha value is -3.48. The van der Waals surface area contributed by atoms with Gasteiger partial charge in [0.1, 0.15) is 22.9 Å². The number of carbonyl (C=O) groups excluding carboxylic acids is 2. The number of benzene rings is 2. The van der Waals surface area contributed by atoms with Crippen molar-refractivity contribution >= 4 is 23.1 Å². The van der Waals surface area contributed by atoms with Crippen LogP contribution in [0.25, 0.3) is 5.57 Å². The number of amides is 2. The van der Waals surface area contributed by atoms with Crippen molar-refractivity contribution in [1.29, 1.82) is 0 Å². The maximum atomic E-state index is 13.8. The Morgan fingerprint density at radius 2 is 1.66 bits per heavy atom. The molecule has 0 saturated carbocycles. The first kappa shape index (κ1) is 21.7. The molecule has 1 unspecified atom stereocenters. The summed E-state index contributed by atoms with van der Waals surface area (Å²) in [7, 11) is 4.62. The van der Waals surface area contributed by atoms with E-state index in [0.29, 0.717) is 45.7 Å². The van der Waals surface area contributed by atoms with Gasteiger partial charge in [0.25, 0.3) is 11.8 Å². The molecule has 0 bridgehead atoms. The number of carbonyl (C=O) groups is 2. The molecule has 2 heterocycles. The smallest absolute Gasteiger partial charge is 0.282 e. The second-order valence-corrected chi connectivity index (χ2v) is 8.10. The Bertz CT molecular complexity index is 1080. The summed E-state index contributed by atoms with van der Waals surface area (Å²) in [5, 5.41) is 0. The van der Waals surface area contributed by atoms with E-state index in [-0.39, 0.29) is 5.91 Å². The van der Waals surface area contributed by atoms with E-state index in [4.69, 9.17) is 14.2 Å². The first-order chi connectivity index (χ1) is 15.5. The summed E-state index contributed by atoms with van der Waals surface area (Å²) in [5.74, 6) is 1.20. The number of ether oxygens (including phenoxy) is 3. The Labute approximate surface area is 188 Å². The van der Waals surface area contributed by atoms with Crippen molar-refractivity contribution in [2.24, 2.45) is 5.92 Å². The highest BCUT2D eigenvalue weighted by Crippen LogP contribution is 2.42. The molecule has 2 aromatic carbocycles. The second kappa shape index (κ2) is 8.94. The van der Waals surface area contributed by atoms with Crippen molar-refractivity contribution in [2.45, 2.75) is 19.8 Å². The second-order valence-electron chi connectivity index (χ2n) is 8.10. The lowest BCUT2D eigenvalue weighted by atomic mass is 9.97. The number of piperidine rings is 1. The van der Waals surface area contributed by atoms with Crippen LogP contribution in [0.1, 0.15) is 25.3 Å². The van der Waals surface area contributed by atoms with E-state index in [0.717, 1.165) is 25.9 Å². The average Bonchev–Trinajstić information content (AvgIpc) is 3.08. The number of para-hydroxylation sites is 1. The lowest BCUT2D eigenvalue weighted by molar-refractivity contribution is -0.120. The standard InChI is InChI=1S/C25H28N2O5/c1-16-8-7-13-26(15-16)23-22(18-9-5-6-10-20(18)31-3)24(28)27(25(23)29)19-12-11-17(30-2)14-21(19)32-4/h5-6,9-12,14,16H,7-8,13,15H2,1-4H3. The molecule has 4 rings (SSSR count). The minimum atomic E-state index is -0.392. The highest BCUT2D eigenvalue weighted by molar-refractivity contribution is 6.46. The number of hydrogen-bond donors (Lipinski definition) is 0. The van der Waals surface area contributed by atoms with Crippen LogP contribution < -0.4 is 19.1 Å². The molecule has 168 valence electrons. The van der Waals surface area contributed by atoms with Gasteiger partial charge in [0, 0.05) is 24.7 Å². The van der Waals surface area contributed by atoms with Gasteiger partial charge in [-0.15, -0.1) is 0 Å². The topological polar surface area (TPSA) is 68.3 Å². The maximum absolute atomic E-state index is 13.8. The van der Waals surface area contributed by atoms with Crippen molar-refractivity contribution in [2.75, 3.05) is 39.3 Å². The monoisotopic (exact) mass is 436 g/mol. The van der Waals surface area contributed by atoms with E-state index in [1.165, 1.54) is 12.0 Å². The molecule has 1 fully saturated rings. The normalized spacial score (nSPS) is 18.9. The molecule has 0 N–H and O–H groups in total. The largest absolute Gasteiger partial charge is 0.497 e. The molecule has 0 aromatic heterocycles. The fourth-order valence-electron chi connectivity index (χ4n) is 4.49. The zero-order valence-corrected chi connectivity index (χ0v) is 18.9. The van der Waals surface area contributed by atoms with Crippen molar-refractivity contribution in [3.8, 4) is 17.2 Å². The van der Waals surface area contributed by atoms with Crippen LogP contribution in [0.3, 0.4) is 0 Å². The van der Waals surface area contributed by atoms with Crippen LogP contribution in [-0.2, 0) is 9.59 Å². The maximum Gasteiger partial charge on any atom is 0.282 e. The van der Waals surface area contributed by atoms with Gasteiger partial charge < -0.3 is 19.1 Å². The Kier molecular flexibility index (Phi) is 6.08. The number of nitrogens with zero attached hydrogens (tertiary/aromatic N) is 2. The van der Waals surface area contributed by atoms with Crippen molar-refractivity contribution in [3.05, 3.63) is 53.7 Å². The summed E-state index contributed by atoms with van der Waals surface area (Å²) in [6.07, 6.45) is 2.07.